The lowest BCUT2D eigenvalue weighted by Gasteiger charge is -2.37. The van der Waals surface area contributed by atoms with Gasteiger partial charge >= 0.3 is 0 Å². The van der Waals surface area contributed by atoms with Gasteiger partial charge in [0.1, 0.15) is 0 Å². The zero-order valence-corrected chi connectivity index (χ0v) is 5.44. The Morgan fingerprint density at radius 1 is 1.62 bits per heavy atom. The topological polar surface area (TPSA) is 9.23 Å². The SMILES string of the molecule is [CH2]C1(OCC)CCC1. The zero-order valence-electron chi connectivity index (χ0n) is 5.44. The Balaban J connectivity index is 2.20. The summed E-state index contributed by atoms with van der Waals surface area (Å²) in [5.41, 5.74) is 0.0226. The first-order valence-electron chi connectivity index (χ1n) is 3.26. The van der Waals surface area contributed by atoms with Crippen LogP contribution >= 0.6 is 0 Å². The normalized spacial score (nSPS) is 24.8. The van der Waals surface area contributed by atoms with Crippen molar-refractivity contribution in [3.63, 3.8) is 0 Å². The molecule has 1 aliphatic carbocycles. The lowest BCUT2D eigenvalue weighted by Crippen LogP contribution is -2.36. The summed E-state index contributed by atoms with van der Waals surface area (Å²) in [6, 6.07) is 0. The van der Waals surface area contributed by atoms with Crippen LogP contribution in [0.25, 0.3) is 0 Å². The molecule has 0 aromatic rings. The van der Waals surface area contributed by atoms with Crippen molar-refractivity contribution in [1.82, 2.24) is 0 Å². The molecule has 0 spiro atoms. The van der Waals surface area contributed by atoms with Crippen LogP contribution in [0.15, 0.2) is 0 Å². The average Bonchev–Trinajstić information content (AvgIpc) is 1.64. The van der Waals surface area contributed by atoms with E-state index >= 15 is 0 Å². The first kappa shape index (κ1) is 6.09. The third kappa shape index (κ3) is 1.03. The van der Waals surface area contributed by atoms with Gasteiger partial charge in [-0.2, -0.15) is 0 Å². The predicted octanol–water partition coefficient (Wildman–Crippen LogP) is 1.78. The molecule has 1 heteroatoms. The standard InChI is InChI=1S/C7H13O/c1-3-8-7(2)5-4-6-7/h2-6H2,1H3. The molecule has 0 aromatic carbocycles. The summed E-state index contributed by atoms with van der Waals surface area (Å²) in [6.07, 6.45) is 3.60. The van der Waals surface area contributed by atoms with Crippen LogP contribution in [0.1, 0.15) is 26.2 Å². The minimum atomic E-state index is 0.0226. The summed E-state index contributed by atoms with van der Waals surface area (Å²) < 4.78 is 5.35. The molecule has 0 N–H and O–H groups in total. The van der Waals surface area contributed by atoms with E-state index in [1.54, 1.807) is 0 Å². The molecule has 1 aliphatic rings. The number of rotatable bonds is 2. The van der Waals surface area contributed by atoms with Crippen molar-refractivity contribution >= 4 is 0 Å². The molecule has 0 atom stereocenters. The number of ether oxygens (including phenoxy) is 1. The van der Waals surface area contributed by atoms with Crippen LogP contribution in [0.3, 0.4) is 0 Å². The van der Waals surface area contributed by atoms with Gasteiger partial charge in [-0.3, -0.25) is 0 Å². The van der Waals surface area contributed by atoms with Crippen molar-refractivity contribution in [3.05, 3.63) is 6.92 Å². The van der Waals surface area contributed by atoms with Crippen molar-refractivity contribution in [2.75, 3.05) is 6.61 Å². The van der Waals surface area contributed by atoms with Gasteiger partial charge in [-0.1, -0.05) is 0 Å². The number of hydrogen-bond donors (Lipinski definition) is 0. The Bertz CT molecular complexity index is 74.5. The summed E-state index contributed by atoms with van der Waals surface area (Å²) in [6.45, 7) is 6.77. The highest BCUT2D eigenvalue weighted by molar-refractivity contribution is 4.91. The smallest absolute Gasteiger partial charge is 0.0683 e. The molecule has 1 radical (unpaired) electrons. The number of hydrogen-bond acceptors (Lipinski definition) is 1. The van der Waals surface area contributed by atoms with Gasteiger partial charge in [-0.25, -0.2) is 0 Å². The van der Waals surface area contributed by atoms with Gasteiger partial charge in [0, 0.05) is 6.61 Å². The summed E-state index contributed by atoms with van der Waals surface area (Å²) in [4.78, 5) is 0. The molecule has 47 valence electrons. The molecule has 1 fully saturated rings. The fourth-order valence-corrected chi connectivity index (χ4v) is 1.02. The van der Waals surface area contributed by atoms with E-state index in [0.29, 0.717) is 0 Å². The Morgan fingerprint density at radius 2 is 2.25 bits per heavy atom. The third-order valence-corrected chi connectivity index (χ3v) is 1.72. The van der Waals surface area contributed by atoms with Gasteiger partial charge in [0.15, 0.2) is 0 Å². The second-order valence-corrected chi connectivity index (χ2v) is 2.47. The van der Waals surface area contributed by atoms with E-state index in [2.05, 4.69) is 6.92 Å². The van der Waals surface area contributed by atoms with Gasteiger partial charge in [-0.05, 0) is 33.1 Å². The Morgan fingerprint density at radius 3 is 2.38 bits per heavy atom. The molecule has 0 saturated heterocycles. The fourth-order valence-electron chi connectivity index (χ4n) is 1.02. The maximum absolute atomic E-state index is 5.35. The van der Waals surface area contributed by atoms with Crippen LogP contribution in [0.4, 0.5) is 0 Å². The zero-order chi connectivity index (χ0) is 6.04. The Hall–Kier alpha value is -0.0400. The Kier molecular flexibility index (Phi) is 1.57. The van der Waals surface area contributed by atoms with E-state index in [1.807, 2.05) is 6.92 Å². The van der Waals surface area contributed by atoms with Gasteiger partial charge < -0.3 is 4.74 Å². The van der Waals surface area contributed by atoms with Crippen LogP contribution in [-0.4, -0.2) is 12.2 Å². The highest BCUT2D eigenvalue weighted by Gasteiger charge is 2.31. The maximum atomic E-state index is 5.35. The van der Waals surface area contributed by atoms with Crippen molar-refractivity contribution in [3.8, 4) is 0 Å². The molecule has 0 aliphatic heterocycles. The molecule has 1 nitrogen and oxygen atoms in total. The van der Waals surface area contributed by atoms with Crippen molar-refractivity contribution < 1.29 is 4.74 Å². The first-order valence-corrected chi connectivity index (χ1v) is 3.26. The predicted molar refractivity (Wildman–Crippen MR) is 33.6 cm³/mol. The van der Waals surface area contributed by atoms with E-state index in [4.69, 9.17) is 4.74 Å². The second kappa shape index (κ2) is 2.06. The molecule has 0 bridgehead atoms. The lowest BCUT2D eigenvalue weighted by atomic mass is 9.82. The van der Waals surface area contributed by atoms with E-state index in [0.717, 1.165) is 19.4 Å². The highest BCUT2D eigenvalue weighted by Crippen LogP contribution is 2.33. The molecule has 0 unspecified atom stereocenters. The molecule has 1 rings (SSSR count). The van der Waals surface area contributed by atoms with Gasteiger partial charge in [-0.15, -0.1) is 0 Å². The second-order valence-electron chi connectivity index (χ2n) is 2.47. The van der Waals surface area contributed by atoms with E-state index in [1.165, 1.54) is 6.42 Å². The van der Waals surface area contributed by atoms with Crippen LogP contribution in [-0.2, 0) is 4.74 Å². The molecular formula is C7H13O. The molecule has 0 heterocycles. The van der Waals surface area contributed by atoms with Gasteiger partial charge in [0.2, 0.25) is 0 Å². The summed E-state index contributed by atoms with van der Waals surface area (Å²) >= 11 is 0. The fraction of sp³-hybridized carbons (Fsp3) is 0.857. The van der Waals surface area contributed by atoms with E-state index in [-0.39, 0.29) is 5.60 Å². The summed E-state index contributed by atoms with van der Waals surface area (Å²) in [5.74, 6) is 0. The van der Waals surface area contributed by atoms with Crippen LogP contribution < -0.4 is 0 Å². The van der Waals surface area contributed by atoms with Crippen molar-refractivity contribution in [2.45, 2.75) is 31.8 Å². The molecule has 0 amide bonds. The van der Waals surface area contributed by atoms with Crippen LogP contribution in [0, 0.1) is 6.92 Å². The minimum Gasteiger partial charge on any atom is -0.375 e. The third-order valence-electron chi connectivity index (χ3n) is 1.72. The van der Waals surface area contributed by atoms with E-state index in [9.17, 15) is 0 Å². The summed E-state index contributed by atoms with van der Waals surface area (Å²) in [5, 5.41) is 0. The molecular weight excluding hydrogens is 100 g/mol. The average molecular weight is 113 g/mol. The molecule has 8 heavy (non-hydrogen) atoms. The maximum Gasteiger partial charge on any atom is 0.0683 e. The van der Waals surface area contributed by atoms with Crippen LogP contribution in [0.2, 0.25) is 0 Å². The largest absolute Gasteiger partial charge is 0.375 e. The first-order chi connectivity index (χ1) is 3.77. The molecule has 0 aromatic heterocycles. The molecule has 1 saturated carbocycles. The minimum absolute atomic E-state index is 0.0226. The lowest BCUT2D eigenvalue weighted by molar-refractivity contribution is -0.0586. The Labute approximate surface area is 51.0 Å². The van der Waals surface area contributed by atoms with Crippen molar-refractivity contribution in [1.29, 1.82) is 0 Å². The quantitative estimate of drug-likeness (QED) is 0.530. The monoisotopic (exact) mass is 113 g/mol. The highest BCUT2D eigenvalue weighted by atomic mass is 16.5. The van der Waals surface area contributed by atoms with Gasteiger partial charge in [0.05, 0.1) is 5.60 Å². The van der Waals surface area contributed by atoms with Crippen molar-refractivity contribution in [2.24, 2.45) is 0 Å². The van der Waals surface area contributed by atoms with Gasteiger partial charge in [0.25, 0.3) is 0 Å². The van der Waals surface area contributed by atoms with E-state index < -0.39 is 0 Å². The van der Waals surface area contributed by atoms with Crippen LogP contribution in [0.5, 0.6) is 0 Å². The summed E-state index contributed by atoms with van der Waals surface area (Å²) in [7, 11) is 0.